The fraction of sp³-hybridized carbons (Fsp3) is 0.208. The SMILES string of the molecule is CC1(Cc2ccccc2)CC(=O)N(C(c2ccccc2)c2ccccn2)C1=O. The smallest absolute Gasteiger partial charge is 0.236 e. The molecule has 0 radical (unpaired) electrons. The van der Waals surface area contributed by atoms with E-state index in [0.29, 0.717) is 12.1 Å². The van der Waals surface area contributed by atoms with Crippen molar-refractivity contribution in [2.45, 2.75) is 25.8 Å². The fourth-order valence-electron chi connectivity index (χ4n) is 3.97. The van der Waals surface area contributed by atoms with E-state index in [1.807, 2.05) is 85.8 Å². The second-order valence-corrected chi connectivity index (χ2v) is 7.54. The van der Waals surface area contributed by atoms with Crippen molar-refractivity contribution in [3.8, 4) is 0 Å². The minimum Gasteiger partial charge on any atom is -0.274 e. The van der Waals surface area contributed by atoms with E-state index < -0.39 is 11.5 Å². The number of likely N-dealkylation sites (tertiary alicyclic amines) is 1. The van der Waals surface area contributed by atoms with Gasteiger partial charge >= 0.3 is 0 Å². The van der Waals surface area contributed by atoms with Gasteiger partial charge in [-0.25, -0.2) is 0 Å². The van der Waals surface area contributed by atoms with E-state index in [9.17, 15) is 9.59 Å². The first-order chi connectivity index (χ1) is 13.6. The quantitative estimate of drug-likeness (QED) is 0.633. The number of hydrogen-bond acceptors (Lipinski definition) is 3. The summed E-state index contributed by atoms with van der Waals surface area (Å²) in [6.45, 7) is 1.89. The third-order valence-electron chi connectivity index (χ3n) is 5.32. The largest absolute Gasteiger partial charge is 0.274 e. The summed E-state index contributed by atoms with van der Waals surface area (Å²) in [5.41, 5.74) is 1.88. The van der Waals surface area contributed by atoms with Gasteiger partial charge in [0.15, 0.2) is 0 Å². The predicted molar refractivity (Wildman–Crippen MR) is 107 cm³/mol. The van der Waals surface area contributed by atoms with Gasteiger partial charge in [0, 0.05) is 12.6 Å². The first kappa shape index (κ1) is 18.1. The van der Waals surface area contributed by atoms with Crippen LogP contribution in [-0.4, -0.2) is 21.7 Å². The topological polar surface area (TPSA) is 50.3 Å². The zero-order chi connectivity index (χ0) is 19.6. The lowest BCUT2D eigenvalue weighted by Gasteiger charge is -2.29. The van der Waals surface area contributed by atoms with Crippen LogP contribution in [0.4, 0.5) is 0 Å². The van der Waals surface area contributed by atoms with Gasteiger partial charge in [0.1, 0.15) is 6.04 Å². The minimum atomic E-state index is -0.750. The Labute approximate surface area is 164 Å². The Morgan fingerprint density at radius 3 is 2.21 bits per heavy atom. The van der Waals surface area contributed by atoms with E-state index >= 15 is 0 Å². The van der Waals surface area contributed by atoms with Gasteiger partial charge in [-0.2, -0.15) is 0 Å². The second-order valence-electron chi connectivity index (χ2n) is 7.54. The molecule has 140 valence electrons. The van der Waals surface area contributed by atoms with Gasteiger partial charge in [0.2, 0.25) is 11.8 Å². The minimum absolute atomic E-state index is 0.138. The Hall–Kier alpha value is -3.27. The molecule has 28 heavy (non-hydrogen) atoms. The fourth-order valence-corrected chi connectivity index (χ4v) is 3.97. The second kappa shape index (κ2) is 7.39. The van der Waals surface area contributed by atoms with Crippen LogP contribution in [0.15, 0.2) is 85.1 Å². The highest BCUT2D eigenvalue weighted by Crippen LogP contribution is 2.41. The van der Waals surface area contributed by atoms with E-state index in [0.717, 1.165) is 11.1 Å². The van der Waals surface area contributed by atoms with Crippen molar-refractivity contribution in [1.29, 1.82) is 0 Å². The van der Waals surface area contributed by atoms with Crippen LogP contribution in [-0.2, 0) is 16.0 Å². The van der Waals surface area contributed by atoms with Crippen molar-refractivity contribution < 1.29 is 9.59 Å². The van der Waals surface area contributed by atoms with Crippen molar-refractivity contribution in [1.82, 2.24) is 9.88 Å². The van der Waals surface area contributed by atoms with Crippen molar-refractivity contribution in [3.63, 3.8) is 0 Å². The number of benzene rings is 2. The summed E-state index contributed by atoms with van der Waals surface area (Å²) in [4.78, 5) is 32.4. The molecule has 0 spiro atoms. The number of carbonyl (C=O) groups excluding carboxylic acids is 2. The van der Waals surface area contributed by atoms with E-state index in [1.54, 1.807) is 6.20 Å². The van der Waals surface area contributed by atoms with Crippen LogP contribution in [0.3, 0.4) is 0 Å². The maximum atomic E-state index is 13.5. The highest BCUT2D eigenvalue weighted by atomic mass is 16.2. The number of hydrogen-bond donors (Lipinski definition) is 0. The average Bonchev–Trinajstić information content (AvgIpc) is 2.94. The van der Waals surface area contributed by atoms with Crippen molar-refractivity contribution in [2.24, 2.45) is 5.41 Å². The molecule has 0 bridgehead atoms. The molecule has 2 aromatic carbocycles. The summed E-state index contributed by atoms with van der Waals surface area (Å²) in [5.74, 6) is -0.288. The highest BCUT2D eigenvalue weighted by molar-refractivity contribution is 6.06. The zero-order valence-corrected chi connectivity index (χ0v) is 15.8. The molecular formula is C24H22N2O2. The van der Waals surface area contributed by atoms with Gasteiger partial charge in [-0.3, -0.25) is 19.5 Å². The Balaban J connectivity index is 1.73. The molecule has 4 rings (SSSR count). The molecule has 2 atom stereocenters. The standard InChI is InChI=1S/C24H22N2O2/c1-24(16-18-10-4-2-5-11-18)17-21(27)26(23(24)28)22(19-12-6-3-7-13-19)20-14-8-9-15-25-20/h2-15,22H,16-17H2,1H3. The van der Waals surface area contributed by atoms with Crippen LogP contribution in [0.1, 0.15) is 36.2 Å². The molecule has 3 aromatic rings. The van der Waals surface area contributed by atoms with Crippen molar-refractivity contribution in [3.05, 3.63) is 102 Å². The maximum Gasteiger partial charge on any atom is 0.236 e. The number of amides is 2. The van der Waals surface area contributed by atoms with E-state index in [2.05, 4.69) is 4.98 Å². The molecule has 4 heteroatoms. The molecule has 2 unspecified atom stereocenters. The summed E-state index contributed by atoms with van der Waals surface area (Å²) >= 11 is 0. The Morgan fingerprint density at radius 2 is 1.57 bits per heavy atom. The molecule has 0 N–H and O–H groups in total. The van der Waals surface area contributed by atoms with Gasteiger partial charge in [0.25, 0.3) is 0 Å². The molecule has 1 saturated heterocycles. The first-order valence-corrected chi connectivity index (χ1v) is 9.45. The molecular weight excluding hydrogens is 348 g/mol. The van der Waals surface area contributed by atoms with Gasteiger partial charge < -0.3 is 0 Å². The van der Waals surface area contributed by atoms with Gasteiger partial charge in [0.05, 0.1) is 11.1 Å². The van der Waals surface area contributed by atoms with Crippen LogP contribution < -0.4 is 0 Å². The van der Waals surface area contributed by atoms with Crippen LogP contribution in [0.25, 0.3) is 0 Å². The van der Waals surface area contributed by atoms with Gasteiger partial charge in [-0.15, -0.1) is 0 Å². The molecule has 1 aromatic heterocycles. The van der Waals surface area contributed by atoms with E-state index in [1.165, 1.54) is 4.90 Å². The number of imide groups is 1. The molecule has 1 fully saturated rings. The Bertz CT molecular complexity index is 934. The number of aromatic nitrogens is 1. The monoisotopic (exact) mass is 370 g/mol. The highest BCUT2D eigenvalue weighted by Gasteiger charge is 2.51. The van der Waals surface area contributed by atoms with Gasteiger partial charge in [-0.1, -0.05) is 66.7 Å². The van der Waals surface area contributed by atoms with E-state index in [4.69, 9.17) is 0 Å². The van der Waals surface area contributed by atoms with Crippen LogP contribution in [0, 0.1) is 5.41 Å². The third kappa shape index (κ3) is 3.33. The van der Waals surface area contributed by atoms with E-state index in [-0.39, 0.29) is 18.2 Å². The zero-order valence-electron chi connectivity index (χ0n) is 15.8. The summed E-state index contributed by atoms with van der Waals surface area (Å²) in [7, 11) is 0. The number of pyridine rings is 1. The average molecular weight is 370 g/mol. The molecule has 1 aliphatic heterocycles. The summed E-state index contributed by atoms with van der Waals surface area (Å²) in [6, 6.07) is 24.6. The van der Waals surface area contributed by atoms with Crippen LogP contribution in [0.5, 0.6) is 0 Å². The van der Waals surface area contributed by atoms with Crippen LogP contribution in [0.2, 0.25) is 0 Å². The normalized spacial score (nSPS) is 20.4. The molecule has 4 nitrogen and oxygen atoms in total. The molecule has 0 saturated carbocycles. The summed E-state index contributed by atoms with van der Waals surface area (Å²) in [6.07, 6.45) is 2.44. The third-order valence-corrected chi connectivity index (χ3v) is 5.32. The molecule has 0 aliphatic carbocycles. The lowest BCUT2D eigenvalue weighted by atomic mass is 9.82. The van der Waals surface area contributed by atoms with Crippen molar-refractivity contribution >= 4 is 11.8 Å². The summed E-state index contributed by atoms with van der Waals surface area (Å²) in [5, 5.41) is 0. The summed E-state index contributed by atoms with van der Waals surface area (Å²) < 4.78 is 0. The predicted octanol–water partition coefficient (Wildman–Crippen LogP) is 4.18. The Kier molecular flexibility index (Phi) is 4.78. The maximum absolute atomic E-state index is 13.5. The lowest BCUT2D eigenvalue weighted by molar-refractivity contribution is -0.143. The number of carbonyl (C=O) groups is 2. The molecule has 1 aliphatic rings. The van der Waals surface area contributed by atoms with Gasteiger partial charge in [-0.05, 0) is 36.6 Å². The van der Waals surface area contributed by atoms with Crippen molar-refractivity contribution in [2.75, 3.05) is 0 Å². The first-order valence-electron chi connectivity index (χ1n) is 9.45. The number of nitrogens with zero attached hydrogens (tertiary/aromatic N) is 2. The lowest BCUT2D eigenvalue weighted by Crippen LogP contribution is -2.39. The van der Waals surface area contributed by atoms with Crippen LogP contribution >= 0.6 is 0 Å². The molecule has 2 heterocycles. The number of rotatable bonds is 5. The molecule has 2 amide bonds. The Morgan fingerprint density at radius 1 is 0.929 bits per heavy atom.